The number of ether oxygens (including phenoxy) is 1. The van der Waals surface area contributed by atoms with Crippen LogP contribution in [0.5, 0.6) is 0 Å². The van der Waals surface area contributed by atoms with Crippen LogP contribution in [0.1, 0.15) is 16.9 Å². The topological polar surface area (TPSA) is 73.2 Å². The molecule has 3 aromatic rings. The standard InChI is InChI=1S/C20H20BrN3O3S2/c1-27-10-9-24-19(26)17-12-5-4-8-15(12)29-18(17)23-20(24)28-11-16(25)22-14-7-3-2-6-13(14)21/h2-3,6-7H,4-5,8-11H2,1H3,(H,22,25). The Bertz CT molecular complexity index is 1130. The number of methoxy groups -OCH3 is 1. The number of carbonyl (C=O) groups is 1. The Balaban J connectivity index is 1.59. The smallest absolute Gasteiger partial charge is 0.263 e. The van der Waals surface area contributed by atoms with E-state index in [0.717, 1.165) is 39.5 Å². The van der Waals surface area contributed by atoms with Crippen LogP contribution < -0.4 is 10.9 Å². The zero-order valence-electron chi connectivity index (χ0n) is 15.9. The first-order chi connectivity index (χ1) is 14.1. The minimum atomic E-state index is -0.150. The average molecular weight is 494 g/mol. The number of thioether (sulfide) groups is 1. The van der Waals surface area contributed by atoms with Crippen molar-refractivity contribution < 1.29 is 9.53 Å². The van der Waals surface area contributed by atoms with Gasteiger partial charge < -0.3 is 10.1 Å². The fourth-order valence-electron chi connectivity index (χ4n) is 3.43. The Hall–Kier alpha value is -1.68. The molecule has 0 atom stereocenters. The Morgan fingerprint density at radius 2 is 2.21 bits per heavy atom. The van der Waals surface area contributed by atoms with Crippen molar-refractivity contribution in [3.8, 4) is 0 Å². The number of nitrogens with zero attached hydrogens (tertiary/aromatic N) is 2. The van der Waals surface area contributed by atoms with Gasteiger partial charge >= 0.3 is 0 Å². The molecule has 1 amide bonds. The number of thiophene rings is 1. The fraction of sp³-hybridized carbons (Fsp3) is 0.350. The highest BCUT2D eigenvalue weighted by molar-refractivity contribution is 9.10. The Morgan fingerprint density at radius 3 is 3.00 bits per heavy atom. The lowest BCUT2D eigenvalue weighted by Gasteiger charge is -2.12. The maximum atomic E-state index is 13.2. The maximum absolute atomic E-state index is 13.2. The number of fused-ring (bicyclic) bond motifs is 3. The van der Waals surface area contributed by atoms with Crippen molar-refractivity contribution in [2.75, 3.05) is 24.8 Å². The van der Waals surface area contributed by atoms with E-state index in [9.17, 15) is 9.59 Å². The number of anilines is 1. The van der Waals surface area contributed by atoms with Gasteiger partial charge in [0.15, 0.2) is 5.16 Å². The van der Waals surface area contributed by atoms with Crippen molar-refractivity contribution in [2.24, 2.45) is 0 Å². The van der Waals surface area contributed by atoms with Crippen molar-refractivity contribution >= 4 is 60.8 Å². The van der Waals surface area contributed by atoms with E-state index in [0.29, 0.717) is 24.0 Å². The number of rotatable bonds is 7. The van der Waals surface area contributed by atoms with Gasteiger partial charge in [-0.25, -0.2) is 4.98 Å². The van der Waals surface area contributed by atoms with Gasteiger partial charge in [-0.1, -0.05) is 23.9 Å². The number of hydrogen-bond acceptors (Lipinski definition) is 6. The molecule has 6 nitrogen and oxygen atoms in total. The zero-order chi connectivity index (χ0) is 20.4. The first kappa shape index (κ1) is 20.6. The van der Waals surface area contributed by atoms with Crippen LogP contribution in [0.15, 0.2) is 38.7 Å². The van der Waals surface area contributed by atoms with E-state index in [-0.39, 0.29) is 17.2 Å². The van der Waals surface area contributed by atoms with Crippen LogP contribution in [0.4, 0.5) is 5.69 Å². The number of amides is 1. The Kier molecular flexibility index (Phi) is 6.38. The number of carbonyl (C=O) groups excluding carboxylic acids is 1. The van der Waals surface area contributed by atoms with Crippen LogP contribution in [0.25, 0.3) is 10.2 Å². The van der Waals surface area contributed by atoms with E-state index in [1.807, 2.05) is 24.3 Å². The van der Waals surface area contributed by atoms with Crippen LogP contribution in [-0.2, 0) is 28.9 Å². The molecule has 1 N–H and O–H groups in total. The molecule has 152 valence electrons. The SMILES string of the molecule is COCCn1c(SCC(=O)Nc2ccccc2Br)nc2sc3c(c2c1=O)CCC3. The molecule has 2 aromatic heterocycles. The third-order valence-corrected chi connectivity index (χ3v) is 7.64. The summed E-state index contributed by atoms with van der Waals surface area (Å²) in [5.41, 5.74) is 1.85. The lowest BCUT2D eigenvalue weighted by molar-refractivity contribution is -0.113. The minimum absolute atomic E-state index is 0.0276. The van der Waals surface area contributed by atoms with E-state index < -0.39 is 0 Å². The van der Waals surface area contributed by atoms with E-state index in [1.165, 1.54) is 16.6 Å². The number of benzene rings is 1. The third kappa shape index (κ3) is 4.28. The molecule has 2 heterocycles. The van der Waals surface area contributed by atoms with Crippen LogP contribution in [0.3, 0.4) is 0 Å². The second-order valence-corrected chi connectivity index (χ2v) is 9.58. The van der Waals surface area contributed by atoms with E-state index in [2.05, 4.69) is 21.2 Å². The van der Waals surface area contributed by atoms with Crippen molar-refractivity contribution in [1.29, 1.82) is 0 Å². The highest BCUT2D eigenvalue weighted by Crippen LogP contribution is 2.35. The van der Waals surface area contributed by atoms with Gasteiger partial charge in [-0.2, -0.15) is 0 Å². The molecular weight excluding hydrogens is 474 g/mol. The molecule has 1 aliphatic rings. The molecule has 29 heavy (non-hydrogen) atoms. The molecule has 1 aliphatic carbocycles. The van der Waals surface area contributed by atoms with E-state index in [1.54, 1.807) is 23.0 Å². The van der Waals surface area contributed by atoms with E-state index in [4.69, 9.17) is 9.72 Å². The summed E-state index contributed by atoms with van der Waals surface area (Å²) in [5, 5.41) is 4.19. The van der Waals surface area contributed by atoms with Gasteiger partial charge in [0.05, 0.1) is 30.0 Å². The predicted octanol–water partition coefficient (Wildman–Crippen LogP) is 4.09. The zero-order valence-corrected chi connectivity index (χ0v) is 19.1. The molecule has 0 saturated carbocycles. The second kappa shape index (κ2) is 8.99. The van der Waals surface area contributed by atoms with Gasteiger partial charge in [-0.15, -0.1) is 11.3 Å². The summed E-state index contributed by atoms with van der Waals surface area (Å²) in [6.45, 7) is 0.827. The number of nitrogens with one attached hydrogen (secondary N) is 1. The Labute approximate surface area is 184 Å². The van der Waals surface area contributed by atoms with Crippen molar-refractivity contribution in [2.45, 2.75) is 31.0 Å². The summed E-state index contributed by atoms with van der Waals surface area (Å²) in [6.07, 6.45) is 3.06. The van der Waals surface area contributed by atoms with Crippen molar-refractivity contribution in [3.63, 3.8) is 0 Å². The molecule has 0 aliphatic heterocycles. The molecule has 0 spiro atoms. The molecule has 9 heteroatoms. The summed E-state index contributed by atoms with van der Waals surface area (Å²) in [7, 11) is 1.61. The number of para-hydroxylation sites is 1. The second-order valence-electron chi connectivity index (χ2n) is 6.70. The van der Waals surface area contributed by atoms with Gasteiger partial charge in [0.1, 0.15) is 4.83 Å². The fourth-order valence-corrected chi connectivity index (χ4v) is 5.94. The quantitative estimate of drug-likeness (QED) is 0.396. The van der Waals surface area contributed by atoms with Crippen LogP contribution in [-0.4, -0.2) is 34.9 Å². The van der Waals surface area contributed by atoms with Gasteiger partial charge in [0, 0.05) is 16.5 Å². The molecule has 4 rings (SSSR count). The van der Waals surface area contributed by atoms with Gasteiger partial charge in [-0.05, 0) is 52.9 Å². The van der Waals surface area contributed by atoms with Crippen LogP contribution in [0, 0.1) is 0 Å². The summed E-state index contributed by atoms with van der Waals surface area (Å²) >= 11 is 6.31. The molecule has 0 radical (unpaired) electrons. The normalized spacial score (nSPS) is 13.0. The largest absolute Gasteiger partial charge is 0.383 e. The Morgan fingerprint density at radius 1 is 1.38 bits per heavy atom. The van der Waals surface area contributed by atoms with E-state index >= 15 is 0 Å². The van der Waals surface area contributed by atoms with Crippen LogP contribution >= 0.6 is 39.0 Å². The highest BCUT2D eigenvalue weighted by atomic mass is 79.9. The van der Waals surface area contributed by atoms with Gasteiger partial charge in [0.25, 0.3) is 5.56 Å². The number of hydrogen-bond donors (Lipinski definition) is 1. The number of aryl methyl sites for hydroxylation is 2. The van der Waals surface area contributed by atoms with Crippen LogP contribution in [0.2, 0.25) is 0 Å². The summed E-state index contributed by atoms with van der Waals surface area (Å²) < 4.78 is 7.65. The molecule has 0 saturated heterocycles. The molecule has 0 unspecified atom stereocenters. The molecule has 0 fully saturated rings. The summed E-state index contributed by atoms with van der Waals surface area (Å²) in [6, 6.07) is 7.46. The number of halogens is 1. The van der Waals surface area contributed by atoms with Crippen molar-refractivity contribution in [1.82, 2.24) is 9.55 Å². The van der Waals surface area contributed by atoms with Gasteiger partial charge in [-0.3, -0.25) is 14.2 Å². The predicted molar refractivity (Wildman–Crippen MR) is 121 cm³/mol. The molecule has 1 aromatic carbocycles. The molecule has 0 bridgehead atoms. The minimum Gasteiger partial charge on any atom is -0.383 e. The maximum Gasteiger partial charge on any atom is 0.263 e. The third-order valence-electron chi connectivity index (χ3n) is 4.79. The first-order valence-electron chi connectivity index (χ1n) is 9.29. The monoisotopic (exact) mass is 493 g/mol. The molecular formula is C20H20BrN3O3S2. The summed E-state index contributed by atoms with van der Waals surface area (Å²) in [5.74, 6) is 0.0142. The van der Waals surface area contributed by atoms with Crippen molar-refractivity contribution in [3.05, 3.63) is 49.5 Å². The highest BCUT2D eigenvalue weighted by Gasteiger charge is 2.23. The first-order valence-corrected chi connectivity index (χ1v) is 11.9. The number of aromatic nitrogens is 2. The average Bonchev–Trinajstić information content (AvgIpc) is 3.28. The van der Waals surface area contributed by atoms with Gasteiger partial charge in [0.2, 0.25) is 5.91 Å². The lowest BCUT2D eigenvalue weighted by Crippen LogP contribution is -2.26. The lowest BCUT2D eigenvalue weighted by atomic mass is 10.2. The summed E-state index contributed by atoms with van der Waals surface area (Å²) in [4.78, 5) is 32.4.